The quantitative estimate of drug-likeness (QED) is 0.560. The van der Waals surface area contributed by atoms with E-state index in [0.717, 1.165) is 12.8 Å². The van der Waals surface area contributed by atoms with Crippen LogP contribution in [0, 0.1) is 5.92 Å². The molecule has 0 N–H and O–H groups in total. The Labute approximate surface area is 82.0 Å². The number of allylic oxidation sites excluding steroid dienone is 4. The highest BCUT2D eigenvalue weighted by molar-refractivity contribution is 5.50. The van der Waals surface area contributed by atoms with Crippen molar-refractivity contribution in [2.24, 2.45) is 5.92 Å². The van der Waals surface area contributed by atoms with Crippen LogP contribution in [0.1, 0.15) is 40.0 Å². The zero-order valence-corrected chi connectivity index (χ0v) is 9.11. The zero-order valence-electron chi connectivity index (χ0n) is 9.11. The van der Waals surface area contributed by atoms with Gasteiger partial charge in [0.15, 0.2) is 0 Å². The van der Waals surface area contributed by atoms with Crippen molar-refractivity contribution < 1.29 is 0 Å². The summed E-state index contributed by atoms with van der Waals surface area (Å²) in [4.78, 5) is 0. The van der Waals surface area contributed by atoms with Crippen molar-refractivity contribution in [2.45, 2.75) is 40.0 Å². The molecule has 0 bridgehead atoms. The molecule has 13 heavy (non-hydrogen) atoms. The lowest BCUT2D eigenvalue weighted by Gasteiger charge is -2.27. The van der Waals surface area contributed by atoms with Crippen molar-refractivity contribution >= 4 is 0 Å². The van der Waals surface area contributed by atoms with E-state index in [1.807, 2.05) is 0 Å². The first-order valence-electron chi connectivity index (χ1n) is 5.15. The Kier molecular flexibility index (Phi) is 3.13. The van der Waals surface area contributed by atoms with Gasteiger partial charge in [-0.2, -0.15) is 0 Å². The highest BCUT2D eigenvalue weighted by Gasteiger charge is 2.21. The molecule has 1 aliphatic rings. The molecule has 0 aromatic heterocycles. The highest BCUT2D eigenvalue weighted by Crippen LogP contribution is 2.37. The summed E-state index contributed by atoms with van der Waals surface area (Å²) < 4.78 is 0. The van der Waals surface area contributed by atoms with E-state index in [9.17, 15) is 0 Å². The molecule has 0 spiro atoms. The van der Waals surface area contributed by atoms with Gasteiger partial charge in [0.2, 0.25) is 0 Å². The van der Waals surface area contributed by atoms with Gasteiger partial charge in [0, 0.05) is 0 Å². The fraction of sp³-hybridized carbons (Fsp3) is 0.538. The molecule has 1 aliphatic carbocycles. The maximum atomic E-state index is 4.18. The molecule has 1 fully saturated rings. The van der Waals surface area contributed by atoms with Gasteiger partial charge in [-0.05, 0) is 48.8 Å². The summed E-state index contributed by atoms with van der Waals surface area (Å²) in [5.41, 5.74) is 5.42. The molecule has 72 valence electrons. The average Bonchev–Trinajstić information content (AvgIpc) is 2.12. The Bertz CT molecular complexity index is 266. The van der Waals surface area contributed by atoms with Gasteiger partial charge in [0.1, 0.15) is 0 Å². The summed E-state index contributed by atoms with van der Waals surface area (Å²) in [7, 11) is 0. The van der Waals surface area contributed by atoms with Crippen LogP contribution in [0.15, 0.2) is 35.5 Å². The lowest BCUT2D eigenvalue weighted by molar-refractivity contribution is 0.590. The molecule has 0 nitrogen and oxygen atoms in total. The molecule has 1 saturated carbocycles. The third kappa shape index (κ3) is 1.93. The molecule has 0 radical (unpaired) electrons. The van der Waals surface area contributed by atoms with Crippen LogP contribution in [0.4, 0.5) is 0 Å². The predicted octanol–water partition coefficient (Wildman–Crippen LogP) is 4.26. The van der Waals surface area contributed by atoms with E-state index in [2.05, 4.69) is 33.9 Å². The molecular formula is C13H20. The molecule has 0 saturated heterocycles. The van der Waals surface area contributed by atoms with E-state index < -0.39 is 0 Å². The van der Waals surface area contributed by atoms with Gasteiger partial charge in [-0.1, -0.05) is 32.6 Å². The second-order valence-corrected chi connectivity index (χ2v) is 4.08. The fourth-order valence-electron chi connectivity index (χ4n) is 1.92. The second kappa shape index (κ2) is 3.95. The first-order valence-corrected chi connectivity index (χ1v) is 5.15. The molecule has 0 heteroatoms. The van der Waals surface area contributed by atoms with Crippen molar-refractivity contribution in [3.05, 3.63) is 35.5 Å². The van der Waals surface area contributed by atoms with E-state index >= 15 is 0 Å². The topological polar surface area (TPSA) is 0 Å². The Hall–Kier alpha value is -0.780. The predicted molar refractivity (Wildman–Crippen MR) is 59.7 cm³/mol. The largest absolute Gasteiger partial charge is 0.0952 e. The molecule has 0 aliphatic heterocycles. The van der Waals surface area contributed by atoms with Crippen molar-refractivity contribution in [2.75, 3.05) is 0 Å². The molecular weight excluding hydrogens is 156 g/mol. The molecule has 1 rings (SSSR count). The lowest BCUT2D eigenvalue weighted by atomic mass is 9.78. The summed E-state index contributed by atoms with van der Waals surface area (Å²) in [6.07, 6.45) is 3.48. The van der Waals surface area contributed by atoms with Gasteiger partial charge in [-0.15, -0.1) is 0 Å². The van der Waals surface area contributed by atoms with Crippen molar-refractivity contribution in [1.29, 1.82) is 0 Å². The average molecular weight is 176 g/mol. The molecule has 0 aromatic carbocycles. The second-order valence-electron chi connectivity index (χ2n) is 4.08. The minimum absolute atomic E-state index is 0.641. The summed E-state index contributed by atoms with van der Waals surface area (Å²) >= 11 is 0. The maximum Gasteiger partial charge on any atom is -0.0187 e. The lowest BCUT2D eigenvalue weighted by Crippen LogP contribution is -2.11. The summed E-state index contributed by atoms with van der Waals surface area (Å²) in [6.45, 7) is 15.0. The van der Waals surface area contributed by atoms with Crippen LogP contribution in [0.5, 0.6) is 0 Å². The van der Waals surface area contributed by atoms with E-state index in [4.69, 9.17) is 0 Å². The van der Waals surface area contributed by atoms with Crippen molar-refractivity contribution in [1.82, 2.24) is 0 Å². The smallest absolute Gasteiger partial charge is 0.0187 e. The molecule has 0 heterocycles. The third-order valence-electron chi connectivity index (χ3n) is 3.11. The van der Waals surface area contributed by atoms with Crippen LogP contribution in [-0.4, -0.2) is 0 Å². The Morgan fingerprint density at radius 1 is 1.46 bits per heavy atom. The van der Waals surface area contributed by atoms with Gasteiger partial charge >= 0.3 is 0 Å². The number of hydrogen-bond donors (Lipinski definition) is 0. The fourth-order valence-corrected chi connectivity index (χ4v) is 1.92. The Morgan fingerprint density at radius 3 is 2.62 bits per heavy atom. The molecule has 1 unspecified atom stereocenters. The standard InChI is InChI=1S/C13H20/c1-6-9(2)13-11(4)8-7-10(3)12(13)5/h10H,4-8H2,1-3H3. The van der Waals surface area contributed by atoms with Crippen LogP contribution < -0.4 is 0 Å². The van der Waals surface area contributed by atoms with Crippen LogP contribution in [0.25, 0.3) is 0 Å². The first kappa shape index (κ1) is 10.3. The van der Waals surface area contributed by atoms with E-state index in [1.54, 1.807) is 0 Å². The van der Waals surface area contributed by atoms with Gasteiger partial charge in [0.25, 0.3) is 0 Å². The monoisotopic (exact) mass is 176 g/mol. The van der Waals surface area contributed by atoms with Gasteiger partial charge in [-0.3, -0.25) is 0 Å². The normalized spacial score (nSPS) is 27.8. The van der Waals surface area contributed by atoms with Gasteiger partial charge in [-0.25, -0.2) is 0 Å². The maximum absolute atomic E-state index is 4.18. The van der Waals surface area contributed by atoms with Crippen LogP contribution in [0.3, 0.4) is 0 Å². The molecule has 1 atom stereocenters. The zero-order chi connectivity index (χ0) is 10.0. The Morgan fingerprint density at radius 2 is 2.08 bits per heavy atom. The minimum Gasteiger partial charge on any atom is -0.0952 e. The van der Waals surface area contributed by atoms with Gasteiger partial charge < -0.3 is 0 Å². The van der Waals surface area contributed by atoms with E-state index in [-0.39, 0.29) is 0 Å². The van der Waals surface area contributed by atoms with Crippen LogP contribution in [0.2, 0.25) is 0 Å². The van der Waals surface area contributed by atoms with Crippen LogP contribution in [-0.2, 0) is 0 Å². The number of rotatable bonds is 1. The molecule has 0 aromatic rings. The Balaban J connectivity index is 3.04. The van der Waals surface area contributed by atoms with Gasteiger partial charge in [0.05, 0.1) is 0 Å². The third-order valence-corrected chi connectivity index (χ3v) is 3.11. The minimum atomic E-state index is 0.641. The summed E-state index contributed by atoms with van der Waals surface area (Å²) in [5.74, 6) is 0.641. The van der Waals surface area contributed by atoms with Crippen molar-refractivity contribution in [3.63, 3.8) is 0 Å². The summed E-state index contributed by atoms with van der Waals surface area (Å²) in [5, 5.41) is 0. The van der Waals surface area contributed by atoms with Crippen molar-refractivity contribution in [3.8, 4) is 0 Å². The highest BCUT2D eigenvalue weighted by atomic mass is 14.3. The first-order chi connectivity index (χ1) is 6.07. The van der Waals surface area contributed by atoms with E-state index in [0.29, 0.717) is 5.92 Å². The van der Waals surface area contributed by atoms with Crippen LogP contribution >= 0.6 is 0 Å². The SMILES string of the molecule is C=C1CCC(C)C(=C)C1=C(C)CC. The molecule has 0 amide bonds. The number of hydrogen-bond acceptors (Lipinski definition) is 0. The van der Waals surface area contributed by atoms with E-state index in [1.165, 1.54) is 28.7 Å². The summed E-state index contributed by atoms with van der Waals surface area (Å²) in [6, 6.07) is 0.